The molecule has 0 fully saturated rings. The van der Waals surface area contributed by atoms with Crippen molar-refractivity contribution in [1.82, 2.24) is 0 Å². The highest BCUT2D eigenvalue weighted by atomic mass is 19.1. The fourth-order valence-electron chi connectivity index (χ4n) is 3.59. The molecule has 0 aliphatic carbocycles. The van der Waals surface area contributed by atoms with Gasteiger partial charge in [0.2, 0.25) is 0 Å². The lowest BCUT2D eigenvalue weighted by atomic mass is 10.0. The van der Waals surface area contributed by atoms with Gasteiger partial charge in [-0.05, 0) is 64.9 Å². The summed E-state index contributed by atoms with van der Waals surface area (Å²) >= 11 is 0. The highest BCUT2D eigenvalue weighted by molar-refractivity contribution is 6.11. The number of nitrogens with zero attached hydrogens (tertiary/aromatic N) is 1. The van der Waals surface area contributed by atoms with Crippen molar-refractivity contribution >= 4 is 34.4 Å². The number of esters is 1. The predicted octanol–water partition coefficient (Wildman–Crippen LogP) is 5.89. The van der Waals surface area contributed by atoms with Crippen molar-refractivity contribution in [2.75, 3.05) is 12.4 Å². The Morgan fingerprint density at radius 2 is 1.69 bits per heavy atom. The van der Waals surface area contributed by atoms with E-state index in [1.807, 2.05) is 36.4 Å². The number of benzene rings is 4. The smallest absolute Gasteiger partial charge is 0.337 e. The van der Waals surface area contributed by atoms with E-state index in [0.29, 0.717) is 22.6 Å². The van der Waals surface area contributed by atoms with Crippen LogP contribution in [0.15, 0.2) is 90.5 Å². The maximum Gasteiger partial charge on any atom is 0.337 e. The number of halogens is 1. The Morgan fingerprint density at radius 1 is 0.972 bits per heavy atom. The van der Waals surface area contributed by atoms with Crippen LogP contribution in [0.25, 0.3) is 16.8 Å². The minimum atomic E-state index is -0.610. The van der Waals surface area contributed by atoms with Gasteiger partial charge < -0.3 is 14.8 Å². The number of carbonyl (C=O) groups is 2. The molecule has 0 unspecified atom stereocenters. The Hall–Kier alpha value is -4.96. The largest absolute Gasteiger partial charge is 0.488 e. The van der Waals surface area contributed by atoms with E-state index < -0.39 is 11.9 Å². The summed E-state index contributed by atoms with van der Waals surface area (Å²) in [5, 5.41) is 14.1. The zero-order valence-electron chi connectivity index (χ0n) is 19.3. The second-order valence-electron chi connectivity index (χ2n) is 7.81. The van der Waals surface area contributed by atoms with E-state index in [4.69, 9.17) is 4.74 Å². The third kappa shape index (κ3) is 5.57. The van der Waals surface area contributed by atoms with Gasteiger partial charge in [0.15, 0.2) is 0 Å². The van der Waals surface area contributed by atoms with Crippen LogP contribution in [0.3, 0.4) is 0 Å². The summed E-state index contributed by atoms with van der Waals surface area (Å²) < 4.78 is 23.9. The van der Waals surface area contributed by atoms with E-state index in [9.17, 15) is 19.2 Å². The molecule has 6 nitrogen and oxygen atoms in total. The number of anilines is 1. The molecule has 178 valence electrons. The van der Waals surface area contributed by atoms with Gasteiger partial charge in [-0.1, -0.05) is 42.5 Å². The number of nitrogens with one attached hydrogen (secondary N) is 1. The minimum Gasteiger partial charge on any atom is -0.488 e. The van der Waals surface area contributed by atoms with Crippen molar-refractivity contribution in [3.63, 3.8) is 0 Å². The molecule has 4 aromatic rings. The van der Waals surface area contributed by atoms with E-state index >= 15 is 0 Å². The lowest BCUT2D eigenvalue weighted by Gasteiger charge is -2.13. The lowest BCUT2D eigenvalue weighted by molar-refractivity contribution is -0.112. The van der Waals surface area contributed by atoms with E-state index in [2.05, 4.69) is 10.1 Å². The minimum absolute atomic E-state index is 0.130. The molecule has 0 saturated carbocycles. The van der Waals surface area contributed by atoms with Gasteiger partial charge in [-0.3, -0.25) is 4.79 Å². The molecular formula is C29H21FN2O4. The standard InChI is InChI=1S/C29H21FN2O4/c1-35-29(34)21-8-13-24(14-9-21)32-28(33)22(17-31)16-26-25-5-3-2-4-20(25)10-15-27(26)36-18-19-6-11-23(30)12-7-19/h2-16H,18H2,1H3,(H,32,33)/b22-16+. The molecule has 0 radical (unpaired) electrons. The number of hydrogen-bond donors (Lipinski definition) is 1. The van der Waals surface area contributed by atoms with E-state index in [-0.39, 0.29) is 18.0 Å². The van der Waals surface area contributed by atoms with Gasteiger partial charge in [0.1, 0.15) is 29.8 Å². The van der Waals surface area contributed by atoms with Crippen LogP contribution in [-0.2, 0) is 16.1 Å². The molecule has 0 heterocycles. The summed E-state index contributed by atoms with van der Waals surface area (Å²) in [6.45, 7) is 0.181. The van der Waals surface area contributed by atoms with Gasteiger partial charge >= 0.3 is 5.97 Å². The van der Waals surface area contributed by atoms with Crippen LogP contribution in [-0.4, -0.2) is 19.0 Å². The molecule has 0 spiro atoms. The fraction of sp³-hybridized carbons (Fsp3) is 0.0690. The Morgan fingerprint density at radius 3 is 2.39 bits per heavy atom. The summed E-state index contributed by atoms with van der Waals surface area (Å²) in [7, 11) is 1.28. The lowest BCUT2D eigenvalue weighted by Crippen LogP contribution is -2.13. The number of rotatable bonds is 7. The summed E-state index contributed by atoms with van der Waals surface area (Å²) in [5.41, 5.74) is 1.97. The van der Waals surface area contributed by atoms with E-state index in [1.165, 1.54) is 37.5 Å². The van der Waals surface area contributed by atoms with Crippen molar-refractivity contribution < 1.29 is 23.5 Å². The van der Waals surface area contributed by atoms with E-state index in [1.54, 1.807) is 30.3 Å². The second-order valence-corrected chi connectivity index (χ2v) is 7.81. The molecule has 1 N–H and O–H groups in total. The molecule has 0 bridgehead atoms. The van der Waals surface area contributed by atoms with Crippen LogP contribution in [0.1, 0.15) is 21.5 Å². The Balaban J connectivity index is 1.64. The van der Waals surface area contributed by atoms with Crippen LogP contribution in [0.2, 0.25) is 0 Å². The van der Waals surface area contributed by atoms with Gasteiger partial charge in [0.05, 0.1) is 12.7 Å². The van der Waals surface area contributed by atoms with Crippen LogP contribution < -0.4 is 10.1 Å². The van der Waals surface area contributed by atoms with Gasteiger partial charge in [0.25, 0.3) is 5.91 Å². The number of amides is 1. The summed E-state index contributed by atoms with van der Waals surface area (Å²) in [6.07, 6.45) is 1.49. The first-order chi connectivity index (χ1) is 17.5. The number of fused-ring (bicyclic) bond motifs is 1. The average Bonchev–Trinajstić information content (AvgIpc) is 2.91. The third-order valence-corrected chi connectivity index (χ3v) is 5.46. The first-order valence-corrected chi connectivity index (χ1v) is 11.0. The maximum absolute atomic E-state index is 13.2. The maximum atomic E-state index is 13.2. The van der Waals surface area contributed by atoms with Crippen LogP contribution in [0.4, 0.5) is 10.1 Å². The van der Waals surface area contributed by atoms with Crippen LogP contribution in [0, 0.1) is 17.1 Å². The van der Waals surface area contributed by atoms with Gasteiger partial charge in [-0.2, -0.15) is 5.26 Å². The van der Waals surface area contributed by atoms with E-state index in [0.717, 1.165) is 16.3 Å². The number of ether oxygens (including phenoxy) is 2. The number of nitriles is 1. The van der Waals surface area contributed by atoms with Crippen molar-refractivity contribution in [2.45, 2.75) is 6.61 Å². The van der Waals surface area contributed by atoms with Gasteiger partial charge in [-0.25, -0.2) is 9.18 Å². The fourth-order valence-corrected chi connectivity index (χ4v) is 3.59. The summed E-state index contributed by atoms with van der Waals surface area (Å²) in [5.74, 6) is -0.964. The molecule has 0 atom stereocenters. The predicted molar refractivity (Wildman–Crippen MR) is 135 cm³/mol. The number of carbonyl (C=O) groups excluding carboxylic acids is 2. The Labute approximate surface area is 207 Å². The monoisotopic (exact) mass is 480 g/mol. The van der Waals surface area contributed by atoms with Crippen molar-refractivity contribution in [3.8, 4) is 11.8 Å². The van der Waals surface area contributed by atoms with Gasteiger partial charge in [0, 0.05) is 11.3 Å². The summed E-state index contributed by atoms with van der Waals surface area (Å²) in [4.78, 5) is 24.5. The normalized spacial score (nSPS) is 11.0. The van der Waals surface area contributed by atoms with Gasteiger partial charge in [-0.15, -0.1) is 0 Å². The molecule has 0 aliphatic rings. The molecule has 1 amide bonds. The molecule has 4 aromatic carbocycles. The molecular weight excluding hydrogens is 459 g/mol. The van der Waals surface area contributed by atoms with Crippen LogP contribution in [0.5, 0.6) is 5.75 Å². The molecule has 0 saturated heterocycles. The molecule has 0 aliphatic heterocycles. The van der Waals surface area contributed by atoms with Crippen molar-refractivity contribution in [3.05, 3.63) is 113 Å². The Kier molecular flexibility index (Phi) is 7.37. The number of hydrogen-bond acceptors (Lipinski definition) is 5. The topological polar surface area (TPSA) is 88.4 Å². The Bertz CT molecular complexity index is 1490. The molecule has 0 aromatic heterocycles. The van der Waals surface area contributed by atoms with Crippen molar-refractivity contribution in [1.29, 1.82) is 5.26 Å². The zero-order chi connectivity index (χ0) is 25.5. The highest BCUT2D eigenvalue weighted by Crippen LogP contribution is 2.31. The first-order valence-electron chi connectivity index (χ1n) is 11.0. The van der Waals surface area contributed by atoms with Crippen molar-refractivity contribution in [2.24, 2.45) is 0 Å². The molecule has 36 heavy (non-hydrogen) atoms. The highest BCUT2D eigenvalue weighted by Gasteiger charge is 2.14. The SMILES string of the molecule is COC(=O)c1ccc(NC(=O)/C(C#N)=C/c2c(OCc3ccc(F)cc3)ccc3ccccc23)cc1. The molecule has 7 heteroatoms. The summed E-state index contributed by atoms with van der Waals surface area (Å²) in [6, 6.07) is 25.3. The third-order valence-electron chi connectivity index (χ3n) is 5.46. The quantitative estimate of drug-likeness (QED) is 0.202. The second kappa shape index (κ2) is 11.0. The number of methoxy groups -OCH3 is 1. The van der Waals surface area contributed by atoms with Crippen LogP contribution >= 0.6 is 0 Å². The zero-order valence-corrected chi connectivity index (χ0v) is 19.3. The average molecular weight is 480 g/mol. The first kappa shape index (κ1) is 24.2. The molecule has 4 rings (SSSR count).